The van der Waals surface area contributed by atoms with Gasteiger partial charge in [0.15, 0.2) is 9.84 Å². The van der Waals surface area contributed by atoms with Crippen molar-refractivity contribution in [2.24, 2.45) is 11.3 Å². The van der Waals surface area contributed by atoms with Crippen molar-refractivity contribution >= 4 is 27.3 Å². The quantitative estimate of drug-likeness (QED) is 0.762. The second-order valence-electron chi connectivity index (χ2n) is 8.13. The van der Waals surface area contributed by atoms with Gasteiger partial charge in [-0.05, 0) is 48.9 Å². The zero-order valence-electron chi connectivity index (χ0n) is 17.1. The Morgan fingerprint density at radius 1 is 1.19 bits per heavy atom. The highest BCUT2D eigenvalue weighted by Gasteiger charge is 2.65. The SMILES string of the molecule is COc1cc(C#N)cc(C(=O)N2CC3(CC3C(=O)Nc3ccc(S(C)(=O)=O)cc3)C2)c1. The first-order chi connectivity index (χ1) is 14.6. The Labute approximate surface area is 180 Å². The molecule has 0 radical (unpaired) electrons. The zero-order chi connectivity index (χ0) is 22.4. The molecule has 1 spiro atoms. The highest BCUT2D eigenvalue weighted by molar-refractivity contribution is 7.90. The van der Waals surface area contributed by atoms with Crippen molar-refractivity contribution in [1.29, 1.82) is 5.26 Å². The first-order valence-electron chi connectivity index (χ1n) is 9.65. The van der Waals surface area contributed by atoms with Crippen LogP contribution in [0.25, 0.3) is 0 Å². The van der Waals surface area contributed by atoms with Crippen LogP contribution in [0.1, 0.15) is 22.3 Å². The van der Waals surface area contributed by atoms with Crippen LogP contribution < -0.4 is 10.1 Å². The normalized spacial score (nSPS) is 18.6. The maximum Gasteiger partial charge on any atom is 0.254 e. The number of nitrogens with one attached hydrogen (secondary N) is 1. The van der Waals surface area contributed by atoms with E-state index in [-0.39, 0.29) is 28.0 Å². The topological polar surface area (TPSA) is 117 Å². The van der Waals surface area contributed by atoms with E-state index < -0.39 is 9.84 Å². The highest BCUT2D eigenvalue weighted by atomic mass is 32.2. The Kier molecular flexibility index (Phi) is 4.98. The Morgan fingerprint density at radius 3 is 2.45 bits per heavy atom. The lowest BCUT2D eigenvalue weighted by molar-refractivity contribution is -0.119. The number of carbonyl (C=O) groups is 2. The molecule has 9 heteroatoms. The molecule has 0 aromatic heterocycles. The molecule has 1 unspecified atom stereocenters. The second-order valence-corrected chi connectivity index (χ2v) is 10.1. The fourth-order valence-corrected chi connectivity index (χ4v) is 4.66. The van der Waals surface area contributed by atoms with E-state index in [0.717, 1.165) is 6.26 Å². The van der Waals surface area contributed by atoms with Gasteiger partial charge in [-0.15, -0.1) is 0 Å². The number of ether oxygens (including phenoxy) is 1. The minimum Gasteiger partial charge on any atom is -0.497 e. The summed E-state index contributed by atoms with van der Waals surface area (Å²) in [6.07, 6.45) is 1.83. The molecule has 2 aromatic rings. The molecule has 2 fully saturated rings. The molecule has 1 aliphatic heterocycles. The van der Waals surface area contributed by atoms with E-state index in [1.54, 1.807) is 29.2 Å². The molecule has 160 valence electrons. The number of benzene rings is 2. The van der Waals surface area contributed by atoms with Crippen molar-refractivity contribution in [3.8, 4) is 11.8 Å². The molecule has 31 heavy (non-hydrogen) atoms. The molecule has 0 bridgehead atoms. The number of likely N-dealkylation sites (tertiary alicyclic amines) is 1. The van der Waals surface area contributed by atoms with Gasteiger partial charge in [0, 0.05) is 41.9 Å². The van der Waals surface area contributed by atoms with Crippen molar-refractivity contribution in [1.82, 2.24) is 4.90 Å². The molecule has 1 saturated carbocycles. The van der Waals surface area contributed by atoms with Crippen LogP contribution in [0.15, 0.2) is 47.4 Å². The van der Waals surface area contributed by atoms with Crippen LogP contribution in [0.2, 0.25) is 0 Å². The number of methoxy groups -OCH3 is 1. The summed E-state index contributed by atoms with van der Waals surface area (Å²) in [5.74, 6) is -0.0647. The maximum atomic E-state index is 12.8. The largest absolute Gasteiger partial charge is 0.497 e. The maximum absolute atomic E-state index is 12.8. The van der Waals surface area contributed by atoms with E-state index in [9.17, 15) is 18.0 Å². The number of hydrogen-bond donors (Lipinski definition) is 1. The monoisotopic (exact) mass is 439 g/mol. The van der Waals surface area contributed by atoms with Crippen molar-refractivity contribution in [3.63, 3.8) is 0 Å². The van der Waals surface area contributed by atoms with Crippen LogP contribution in [0.4, 0.5) is 5.69 Å². The van der Waals surface area contributed by atoms with Gasteiger partial charge in [-0.3, -0.25) is 9.59 Å². The molecule has 8 nitrogen and oxygen atoms in total. The molecule has 1 heterocycles. The van der Waals surface area contributed by atoms with Crippen LogP contribution >= 0.6 is 0 Å². The van der Waals surface area contributed by atoms with Crippen LogP contribution in [-0.2, 0) is 14.6 Å². The second kappa shape index (κ2) is 7.39. The number of nitrogens with zero attached hydrogens (tertiary/aromatic N) is 2. The third kappa shape index (κ3) is 3.99. The van der Waals surface area contributed by atoms with Crippen LogP contribution in [0.5, 0.6) is 5.75 Å². The summed E-state index contributed by atoms with van der Waals surface area (Å²) in [7, 11) is -1.81. The van der Waals surface area contributed by atoms with Gasteiger partial charge < -0.3 is 15.0 Å². The first-order valence-corrected chi connectivity index (χ1v) is 11.5. The molecule has 2 amide bonds. The summed E-state index contributed by atoms with van der Waals surface area (Å²) < 4.78 is 28.2. The number of anilines is 1. The standard InChI is InChI=1S/C22H21N3O5S/c1-30-17-8-14(11-23)7-15(9-17)21(27)25-12-22(13-25)10-19(22)20(26)24-16-3-5-18(6-4-16)31(2,28)29/h3-9,19H,10,12-13H2,1-2H3,(H,24,26). The predicted octanol–water partition coefficient (Wildman–Crippen LogP) is 2.07. The number of sulfone groups is 1. The number of rotatable bonds is 5. The van der Waals surface area contributed by atoms with Crippen molar-refractivity contribution < 1.29 is 22.7 Å². The van der Waals surface area contributed by atoms with Gasteiger partial charge >= 0.3 is 0 Å². The van der Waals surface area contributed by atoms with Gasteiger partial charge in [0.25, 0.3) is 5.91 Å². The van der Waals surface area contributed by atoms with E-state index in [0.29, 0.717) is 42.1 Å². The summed E-state index contributed by atoms with van der Waals surface area (Å²) in [5.41, 5.74) is 1.07. The summed E-state index contributed by atoms with van der Waals surface area (Å²) in [6, 6.07) is 12.8. The lowest BCUT2D eigenvalue weighted by atomic mass is 9.92. The zero-order valence-corrected chi connectivity index (χ0v) is 17.9. The Hall–Kier alpha value is -3.38. The third-order valence-corrected chi connectivity index (χ3v) is 7.00. The average molecular weight is 439 g/mol. The van der Waals surface area contributed by atoms with Crippen LogP contribution in [0.3, 0.4) is 0 Å². The lowest BCUT2D eigenvalue weighted by Crippen LogP contribution is -2.53. The molecule has 1 atom stereocenters. The highest BCUT2D eigenvalue weighted by Crippen LogP contribution is 2.59. The van der Waals surface area contributed by atoms with E-state index in [1.165, 1.54) is 25.3 Å². The molecular formula is C22H21N3O5S. The van der Waals surface area contributed by atoms with E-state index >= 15 is 0 Å². The smallest absolute Gasteiger partial charge is 0.254 e. The lowest BCUT2D eigenvalue weighted by Gasteiger charge is -2.40. The van der Waals surface area contributed by atoms with Crippen LogP contribution in [-0.4, -0.2) is 51.6 Å². The van der Waals surface area contributed by atoms with E-state index in [4.69, 9.17) is 10.00 Å². The molecule has 2 aliphatic rings. The minimum absolute atomic E-state index is 0.132. The fourth-order valence-electron chi connectivity index (χ4n) is 4.03. The summed E-state index contributed by atoms with van der Waals surface area (Å²) in [6.45, 7) is 0.964. The Balaban J connectivity index is 1.36. The molecular weight excluding hydrogens is 418 g/mol. The number of carbonyl (C=O) groups excluding carboxylic acids is 2. The Bertz CT molecular complexity index is 1210. The summed E-state index contributed by atoms with van der Waals surface area (Å²) in [4.78, 5) is 27.2. The molecule has 4 rings (SSSR count). The van der Waals surface area contributed by atoms with Crippen molar-refractivity contribution in [2.75, 3.05) is 31.8 Å². The van der Waals surface area contributed by atoms with Gasteiger partial charge in [0.2, 0.25) is 5.91 Å². The van der Waals surface area contributed by atoms with E-state index in [2.05, 4.69) is 5.32 Å². The van der Waals surface area contributed by atoms with Gasteiger partial charge in [-0.1, -0.05) is 0 Å². The number of amides is 2. The molecule has 1 N–H and O–H groups in total. The van der Waals surface area contributed by atoms with Crippen LogP contribution in [0, 0.1) is 22.7 Å². The third-order valence-electron chi connectivity index (χ3n) is 5.87. The van der Waals surface area contributed by atoms with Gasteiger partial charge in [-0.25, -0.2) is 8.42 Å². The van der Waals surface area contributed by atoms with Gasteiger partial charge in [0.05, 0.1) is 23.6 Å². The van der Waals surface area contributed by atoms with Crippen molar-refractivity contribution in [2.45, 2.75) is 11.3 Å². The fraction of sp³-hybridized carbons (Fsp3) is 0.318. The molecule has 1 aliphatic carbocycles. The average Bonchev–Trinajstić information content (AvgIpc) is 3.48. The predicted molar refractivity (Wildman–Crippen MR) is 112 cm³/mol. The van der Waals surface area contributed by atoms with E-state index in [1.807, 2.05) is 6.07 Å². The number of hydrogen-bond acceptors (Lipinski definition) is 6. The minimum atomic E-state index is -3.29. The molecule has 1 saturated heterocycles. The Morgan fingerprint density at radius 2 is 1.87 bits per heavy atom. The van der Waals surface area contributed by atoms with Gasteiger partial charge in [-0.2, -0.15) is 5.26 Å². The van der Waals surface area contributed by atoms with Crippen molar-refractivity contribution in [3.05, 3.63) is 53.6 Å². The summed E-state index contributed by atoms with van der Waals surface area (Å²) >= 11 is 0. The first kappa shape index (κ1) is 20.9. The van der Waals surface area contributed by atoms with Gasteiger partial charge in [0.1, 0.15) is 5.75 Å². The molecule has 2 aromatic carbocycles. The number of nitriles is 1. The summed E-state index contributed by atoms with van der Waals surface area (Å²) in [5, 5.41) is 12.0.